The second kappa shape index (κ2) is 6.48. The van der Waals surface area contributed by atoms with Crippen LogP contribution in [0, 0.1) is 5.41 Å². The Hall–Kier alpha value is -0.670. The molecule has 0 radical (unpaired) electrons. The lowest BCUT2D eigenvalue weighted by Crippen LogP contribution is -2.44. The molecule has 1 aliphatic carbocycles. The Bertz CT molecular complexity index is 283. The Kier molecular flexibility index (Phi) is 4.95. The van der Waals surface area contributed by atoms with Gasteiger partial charge in [-0.15, -0.1) is 6.58 Å². The van der Waals surface area contributed by atoms with Gasteiger partial charge >= 0.3 is 0 Å². The van der Waals surface area contributed by atoms with E-state index in [9.17, 15) is 4.79 Å². The minimum Gasteiger partial charge on any atom is -0.353 e. The molecule has 0 bridgehead atoms. The van der Waals surface area contributed by atoms with E-state index in [2.05, 4.69) is 6.58 Å². The van der Waals surface area contributed by atoms with Crippen LogP contribution in [0.5, 0.6) is 0 Å². The summed E-state index contributed by atoms with van der Waals surface area (Å²) in [6.07, 6.45) is 10.9. The zero-order chi connectivity index (χ0) is 12.8. The zero-order valence-electron chi connectivity index (χ0n) is 11.1. The largest absolute Gasteiger partial charge is 0.353 e. The van der Waals surface area contributed by atoms with Gasteiger partial charge in [0.05, 0.1) is 11.5 Å². The molecule has 2 rings (SSSR count). The Morgan fingerprint density at radius 3 is 2.78 bits per heavy atom. The summed E-state index contributed by atoms with van der Waals surface area (Å²) in [4.78, 5) is 11.6. The third kappa shape index (κ3) is 3.01. The molecule has 1 saturated heterocycles. The number of aldehydes is 1. The van der Waals surface area contributed by atoms with E-state index in [-0.39, 0.29) is 17.8 Å². The molecule has 1 heterocycles. The molecule has 0 aromatic carbocycles. The molecule has 3 heteroatoms. The molecule has 0 amide bonds. The van der Waals surface area contributed by atoms with Crippen molar-refractivity contribution < 1.29 is 14.3 Å². The summed E-state index contributed by atoms with van der Waals surface area (Å²) >= 11 is 0. The normalized spacial score (nSPS) is 37.1. The maximum atomic E-state index is 11.6. The fourth-order valence-corrected chi connectivity index (χ4v) is 3.12. The average Bonchev–Trinajstić information content (AvgIpc) is 2.42. The number of rotatable bonds is 5. The number of hydrogen-bond acceptors (Lipinski definition) is 3. The van der Waals surface area contributed by atoms with Crippen molar-refractivity contribution in [1.29, 1.82) is 0 Å². The number of allylic oxidation sites excluding steroid dienone is 1. The first-order valence-electron chi connectivity index (χ1n) is 7.15. The van der Waals surface area contributed by atoms with Crippen molar-refractivity contribution >= 4 is 6.29 Å². The van der Waals surface area contributed by atoms with Crippen LogP contribution in [0.2, 0.25) is 0 Å². The molecule has 3 nitrogen and oxygen atoms in total. The SMILES string of the molecule is C=CC[C@@]1(C=O)CCCC[C@@H]1OC1CCCCO1. The van der Waals surface area contributed by atoms with Crippen LogP contribution < -0.4 is 0 Å². The van der Waals surface area contributed by atoms with Crippen LogP contribution >= 0.6 is 0 Å². The fraction of sp³-hybridized carbons (Fsp3) is 0.800. The van der Waals surface area contributed by atoms with Crippen molar-refractivity contribution in [3.8, 4) is 0 Å². The van der Waals surface area contributed by atoms with Gasteiger partial charge in [-0.1, -0.05) is 18.9 Å². The highest BCUT2D eigenvalue weighted by molar-refractivity contribution is 5.61. The van der Waals surface area contributed by atoms with Crippen LogP contribution in [0.1, 0.15) is 51.4 Å². The van der Waals surface area contributed by atoms with Gasteiger partial charge < -0.3 is 14.3 Å². The van der Waals surface area contributed by atoms with E-state index < -0.39 is 0 Å². The maximum absolute atomic E-state index is 11.6. The number of ether oxygens (including phenoxy) is 2. The molecule has 102 valence electrons. The lowest BCUT2D eigenvalue weighted by Gasteiger charge is -2.41. The molecule has 0 N–H and O–H groups in total. The predicted octanol–water partition coefficient (Wildman–Crippen LogP) is 3.23. The van der Waals surface area contributed by atoms with Gasteiger partial charge in [0.1, 0.15) is 6.29 Å². The predicted molar refractivity (Wildman–Crippen MR) is 70.2 cm³/mol. The number of carbonyl (C=O) groups excluding carboxylic acids is 1. The third-order valence-electron chi connectivity index (χ3n) is 4.21. The van der Waals surface area contributed by atoms with Crippen molar-refractivity contribution in [2.24, 2.45) is 5.41 Å². The number of carbonyl (C=O) groups is 1. The molecule has 2 fully saturated rings. The van der Waals surface area contributed by atoms with E-state index in [1.54, 1.807) is 0 Å². The topological polar surface area (TPSA) is 35.5 Å². The lowest BCUT2D eigenvalue weighted by molar-refractivity contribution is -0.216. The minimum atomic E-state index is -0.360. The second-order valence-corrected chi connectivity index (χ2v) is 5.51. The van der Waals surface area contributed by atoms with Crippen LogP contribution in [0.4, 0.5) is 0 Å². The highest BCUT2D eigenvalue weighted by Crippen LogP contribution is 2.41. The smallest absolute Gasteiger partial charge is 0.157 e. The summed E-state index contributed by atoms with van der Waals surface area (Å²) in [7, 11) is 0. The molecule has 0 aromatic rings. The standard InChI is InChI=1S/C15H24O3/c1-2-9-15(12-16)10-5-3-7-13(15)18-14-8-4-6-11-17-14/h2,12-14H,1,3-11H2/t13-,14?,15-/m0/s1. The molecule has 0 spiro atoms. The first kappa shape index (κ1) is 13.8. The van der Waals surface area contributed by atoms with Crippen molar-refractivity contribution in [2.45, 2.75) is 63.8 Å². The Morgan fingerprint density at radius 2 is 2.11 bits per heavy atom. The Balaban J connectivity index is 2.01. The summed E-state index contributed by atoms with van der Waals surface area (Å²) in [5.74, 6) is 0. The quantitative estimate of drug-likeness (QED) is 0.556. The monoisotopic (exact) mass is 252 g/mol. The molecule has 3 atom stereocenters. The van der Waals surface area contributed by atoms with E-state index in [0.717, 1.165) is 57.8 Å². The molecular weight excluding hydrogens is 228 g/mol. The van der Waals surface area contributed by atoms with Crippen LogP contribution in [-0.4, -0.2) is 25.3 Å². The van der Waals surface area contributed by atoms with Crippen molar-refractivity contribution in [3.63, 3.8) is 0 Å². The van der Waals surface area contributed by atoms with E-state index in [4.69, 9.17) is 9.47 Å². The highest BCUT2D eigenvalue weighted by atomic mass is 16.7. The summed E-state index contributed by atoms with van der Waals surface area (Å²) < 4.78 is 11.7. The lowest BCUT2D eigenvalue weighted by atomic mass is 9.70. The molecule has 1 saturated carbocycles. The van der Waals surface area contributed by atoms with E-state index >= 15 is 0 Å². The van der Waals surface area contributed by atoms with E-state index in [1.165, 1.54) is 0 Å². The first-order chi connectivity index (χ1) is 8.80. The summed E-state index contributed by atoms with van der Waals surface area (Å²) in [6, 6.07) is 0. The van der Waals surface area contributed by atoms with Crippen molar-refractivity contribution in [2.75, 3.05) is 6.61 Å². The van der Waals surface area contributed by atoms with Crippen molar-refractivity contribution in [1.82, 2.24) is 0 Å². The highest BCUT2D eigenvalue weighted by Gasteiger charge is 2.42. The van der Waals surface area contributed by atoms with Gasteiger partial charge in [0.2, 0.25) is 0 Å². The van der Waals surface area contributed by atoms with Crippen LogP contribution in [-0.2, 0) is 14.3 Å². The second-order valence-electron chi connectivity index (χ2n) is 5.51. The van der Waals surface area contributed by atoms with Crippen LogP contribution in [0.25, 0.3) is 0 Å². The molecular formula is C15H24O3. The Morgan fingerprint density at radius 1 is 1.28 bits per heavy atom. The van der Waals surface area contributed by atoms with Crippen LogP contribution in [0.15, 0.2) is 12.7 Å². The van der Waals surface area contributed by atoms with Crippen molar-refractivity contribution in [3.05, 3.63) is 12.7 Å². The summed E-state index contributed by atoms with van der Waals surface area (Å²) in [5, 5.41) is 0. The maximum Gasteiger partial charge on any atom is 0.157 e. The minimum absolute atomic E-state index is 0.00449. The van der Waals surface area contributed by atoms with Crippen LogP contribution in [0.3, 0.4) is 0 Å². The van der Waals surface area contributed by atoms with Gasteiger partial charge in [-0.2, -0.15) is 0 Å². The molecule has 18 heavy (non-hydrogen) atoms. The van der Waals surface area contributed by atoms with Gasteiger partial charge in [-0.05, 0) is 38.5 Å². The zero-order valence-corrected chi connectivity index (χ0v) is 11.1. The average molecular weight is 252 g/mol. The van der Waals surface area contributed by atoms with Gasteiger partial charge in [-0.3, -0.25) is 0 Å². The first-order valence-corrected chi connectivity index (χ1v) is 7.15. The summed E-state index contributed by atoms with van der Waals surface area (Å²) in [6.45, 7) is 4.57. The van der Waals surface area contributed by atoms with Gasteiger partial charge in [0.15, 0.2) is 6.29 Å². The molecule has 1 aliphatic heterocycles. The Labute approximate surface area is 110 Å². The van der Waals surface area contributed by atoms with E-state index in [1.807, 2.05) is 6.08 Å². The van der Waals surface area contributed by atoms with Gasteiger partial charge in [-0.25, -0.2) is 0 Å². The molecule has 1 unspecified atom stereocenters. The third-order valence-corrected chi connectivity index (χ3v) is 4.21. The van der Waals surface area contributed by atoms with E-state index in [0.29, 0.717) is 6.42 Å². The molecule has 2 aliphatic rings. The van der Waals surface area contributed by atoms with Gasteiger partial charge in [0.25, 0.3) is 0 Å². The molecule has 0 aromatic heterocycles. The van der Waals surface area contributed by atoms with Gasteiger partial charge in [0, 0.05) is 6.61 Å². The number of hydrogen-bond donors (Lipinski definition) is 0. The summed E-state index contributed by atoms with van der Waals surface area (Å²) in [5.41, 5.74) is -0.360. The fourth-order valence-electron chi connectivity index (χ4n) is 3.12.